The summed E-state index contributed by atoms with van der Waals surface area (Å²) in [4.78, 5) is 36.6. The number of aliphatic imine (C=N–C) groups is 2. The molecule has 4 aromatic rings. The van der Waals surface area contributed by atoms with Gasteiger partial charge in [-0.3, -0.25) is 19.6 Å². The molecule has 0 amide bonds. The first-order valence-corrected chi connectivity index (χ1v) is 18.1. The van der Waals surface area contributed by atoms with E-state index in [4.69, 9.17) is 28.9 Å². The third-order valence-corrected chi connectivity index (χ3v) is 9.55. The Balaban J connectivity index is 0.00000870. The van der Waals surface area contributed by atoms with Crippen LogP contribution in [0, 0.1) is 41.5 Å². The molecular weight excluding hydrogens is 767 g/mol. The summed E-state index contributed by atoms with van der Waals surface area (Å²) in [5.74, 6) is 0.622. The molecule has 10 nitrogen and oxygen atoms in total. The van der Waals surface area contributed by atoms with Gasteiger partial charge in [-0.05, 0) is 113 Å². The standard InChI is InChI=1S/C46H52N2O8.Co/c1-25-13-27(3)41(28(4)14-25)45(51)39(31(7)49)23-47-43(33-17-35(53-9)21-36(18-33)54-10)44(34-19-37(55-11)22-38(20-34)56-12)48-24-40(32(8)50)46(52)42-29(5)15-26(2)16-30(42)6;/h13-24,43-44,51-52H,1-12H3;. The van der Waals surface area contributed by atoms with Gasteiger partial charge >= 0.3 is 0 Å². The Labute approximate surface area is 346 Å². The van der Waals surface area contributed by atoms with E-state index in [2.05, 4.69) is 0 Å². The molecule has 0 bridgehead atoms. The van der Waals surface area contributed by atoms with Crippen LogP contribution in [-0.2, 0) is 26.4 Å². The van der Waals surface area contributed by atoms with Gasteiger partial charge in [-0.25, -0.2) is 0 Å². The molecule has 0 aliphatic carbocycles. The maximum Gasteiger partial charge on any atom is 0.165 e. The molecule has 0 fully saturated rings. The van der Waals surface area contributed by atoms with Crippen molar-refractivity contribution in [3.05, 3.63) is 127 Å². The minimum Gasteiger partial charge on any atom is -0.506 e. The minimum absolute atomic E-state index is 0. The van der Waals surface area contributed by atoms with Crippen LogP contribution in [0.15, 0.2) is 81.8 Å². The second-order valence-electron chi connectivity index (χ2n) is 13.9. The Morgan fingerprint density at radius 1 is 0.509 bits per heavy atom. The van der Waals surface area contributed by atoms with Gasteiger partial charge in [-0.1, -0.05) is 35.4 Å². The van der Waals surface area contributed by atoms with Crippen LogP contribution in [0.4, 0.5) is 0 Å². The second kappa shape index (κ2) is 20.0. The van der Waals surface area contributed by atoms with E-state index in [9.17, 15) is 19.8 Å². The number of aryl methyl sites for hydroxylation is 6. The summed E-state index contributed by atoms with van der Waals surface area (Å²) in [6, 6.07) is 16.4. The molecule has 2 N–H and O–H groups in total. The number of ketones is 2. The predicted octanol–water partition coefficient (Wildman–Crippen LogP) is 9.61. The number of nitrogens with zero attached hydrogens (tertiary/aromatic N) is 2. The number of Topliss-reactive ketones (excluding diaryl/α,β-unsaturated/α-hetero) is 2. The van der Waals surface area contributed by atoms with Crippen molar-refractivity contribution >= 4 is 35.5 Å². The normalized spacial score (nSPS) is 13.3. The molecule has 0 aliphatic heterocycles. The molecule has 4 rings (SSSR count). The molecule has 2 unspecified atom stereocenters. The number of methoxy groups -OCH3 is 4. The molecule has 57 heavy (non-hydrogen) atoms. The molecule has 0 spiro atoms. The van der Waals surface area contributed by atoms with Crippen molar-refractivity contribution in [2.75, 3.05) is 28.4 Å². The number of aliphatic hydroxyl groups is 2. The molecule has 4 aromatic carbocycles. The maximum atomic E-state index is 13.3. The number of allylic oxidation sites excluding steroid dienone is 2. The van der Waals surface area contributed by atoms with E-state index in [1.54, 1.807) is 36.4 Å². The van der Waals surface area contributed by atoms with E-state index in [1.165, 1.54) is 54.7 Å². The van der Waals surface area contributed by atoms with Crippen molar-refractivity contribution in [3.63, 3.8) is 0 Å². The minimum atomic E-state index is -0.951. The largest absolute Gasteiger partial charge is 0.506 e. The zero-order valence-electron chi connectivity index (χ0n) is 34.7. The molecule has 11 heteroatoms. The Hall–Kier alpha value is -5.65. The van der Waals surface area contributed by atoms with Gasteiger partial charge in [0.2, 0.25) is 0 Å². The van der Waals surface area contributed by atoms with Crippen molar-refractivity contribution in [2.24, 2.45) is 9.98 Å². The van der Waals surface area contributed by atoms with E-state index in [0.29, 0.717) is 45.3 Å². The van der Waals surface area contributed by atoms with Gasteiger partial charge in [0.05, 0.1) is 39.6 Å². The molecular formula is C46H52CoN2O8. The van der Waals surface area contributed by atoms with Crippen LogP contribution in [0.3, 0.4) is 0 Å². The molecule has 2 atom stereocenters. The number of hydrogen-bond acceptors (Lipinski definition) is 10. The first kappa shape index (κ1) is 45.7. The van der Waals surface area contributed by atoms with Crippen molar-refractivity contribution in [2.45, 2.75) is 67.5 Å². The first-order valence-electron chi connectivity index (χ1n) is 18.1. The van der Waals surface area contributed by atoms with E-state index >= 15 is 0 Å². The Kier molecular flexibility index (Phi) is 16.0. The number of carbonyl (C=O) groups is 2. The van der Waals surface area contributed by atoms with Gasteiger partial charge in [-0.15, -0.1) is 0 Å². The summed E-state index contributed by atoms with van der Waals surface area (Å²) in [5.41, 5.74) is 7.41. The Bertz CT molecular complexity index is 2020. The van der Waals surface area contributed by atoms with Gasteiger partial charge < -0.3 is 29.2 Å². The van der Waals surface area contributed by atoms with Crippen LogP contribution < -0.4 is 18.9 Å². The number of ether oxygens (including phenoxy) is 4. The summed E-state index contributed by atoms with van der Waals surface area (Å²) in [6.45, 7) is 14.2. The SMILES string of the molecule is COc1cc(OC)cc(C(N=CC(C(C)=O)=C(O)c2c(C)cc(C)cc2C)C(N=CC(C(C)=O)=C(O)c2c(C)cc(C)cc2C)c2cc(OC)cc(OC)c2)c1.[Co]. The zero-order chi connectivity index (χ0) is 41.4. The Morgan fingerprint density at radius 3 is 1.00 bits per heavy atom. The molecule has 0 saturated carbocycles. The quantitative estimate of drug-likeness (QED) is 0.0688. The average molecular weight is 820 g/mol. The van der Waals surface area contributed by atoms with Crippen LogP contribution in [0.1, 0.15) is 81.6 Å². The number of hydrogen-bond donors (Lipinski definition) is 2. The van der Waals surface area contributed by atoms with E-state index in [-0.39, 0.29) is 39.4 Å². The molecule has 0 aliphatic rings. The average Bonchev–Trinajstić information content (AvgIpc) is 3.13. The van der Waals surface area contributed by atoms with E-state index < -0.39 is 23.7 Å². The van der Waals surface area contributed by atoms with Crippen molar-refractivity contribution in [3.8, 4) is 23.0 Å². The van der Waals surface area contributed by atoms with Crippen LogP contribution in [0.2, 0.25) is 0 Å². The summed E-state index contributed by atoms with van der Waals surface area (Å²) < 4.78 is 22.6. The Morgan fingerprint density at radius 2 is 0.772 bits per heavy atom. The third kappa shape index (κ3) is 10.8. The van der Waals surface area contributed by atoms with Gasteiger partial charge in [0.15, 0.2) is 11.6 Å². The second-order valence-corrected chi connectivity index (χ2v) is 13.9. The number of rotatable bonds is 15. The summed E-state index contributed by atoms with van der Waals surface area (Å²) in [7, 11) is 6.12. The number of carbonyl (C=O) groups excluding carboxylic acids is 2. The summed E-state index contributed by atoms with van der Waals surface area (Å²) >= 11 is 0. The summed E-state index contributed by atoms with van der Waals surface area (Å²) in [6.07, 6.45) is 2.70. The smallest absolute Gasteiger partial charge is 0.165 e. The third-order valence-electron chi connectivity index (χ3n) is 9.55. The fraction of sp³-hybridized carbons (Fsp3) is 0.304. The van der Waals surface area contributed by atoms with Crippen LogP contribution in [0.25, 0.3) is 11.5 Å². The van der Waals surface area contributed by atoms with Crippen molar-refractivity contribution in [1.82, 2.24) is 0 Å². The van der Waals surface area contributed by atoms with Crippen LogP contribution in [0.5, 0.6) is 23.0 Å². The van der Waals surface area contributed by atoms with Gasteiger partial charge in [0.25, 0.3) is 0 Å². The molecule has 0 saturated heterocycles. The summed E-state index contributed by atoms with van der Waals surface area (Å²) in [5, 5.41) is 23.4. The molecule has 303 valence electrons. The molecule has 0 heterocycles. The van der Waals surface area contributed by atoms with Crippen LogP contribution >= 0.6 is 0 Å². The fourth-order valence-electron chi connectivity index (χ4n) is 7.02. The number of benzene rings is 4. The van der Waals surface area contributed by atoms with Gasteiger partial charge in [0, 0.05) is 52.5 Å². The van der Waals surface area contributed by atoms with Gasteiger partial charge in [0.1, 0.15) is 46.6 Å². The number of aliphatic hydroxyl groups excluding tert-OH is 2. The molecule has 0 aromatic heterocycles. The first-order chi connectivity index (χ1) is 26.5. The van der Waals surface area contributed by atoms with Crippen molar-refractivity contribution in [1.29, 1.82) is 0 Å². The van der Waals surface area contributed by atoms with Crippen LogP contribution in [-0.4, -0.2) is 62.6 Å². The monoisotopic (exact) mass is 819 g/mol. The predicted molar refractivity (Wildman–Crippen MR) is 223 cm³/mol. The maximum absolute atomic E-state index is 13.3. The molecule has 1 radical (unpaired) electrons. The van der Waals surface area contributed by atoms with E-state index in [1.807, 2.05) is 65.8 Å². The zero-order valence-corrected chi connectivity index (χ0v) is 35.7. The van der Waals surface area contributed by atoms with Crippen molar-refractivity contribution < 1.29 is 55.5 Å². The van der Waals surface area contributed by atoms with Gasteiger partial charge in [-0.2, -0.15) is 0 Å². The fourth-order valence-corrected chi connectivity index (χ4v) is 7.02. The van der Waals surface area contributed by atoms with E-state index in [0.717, 1.165) is 33.4 Å². The topological polar surface area (TPSA) is 136 Å².